The summed E-state index contributed by atoms with van der Waals surface area (Å²) in [5.41, 5.74) is 0.642. The predicted octanol–water partition coefficient (Wildman–Crippen LogP) is 1.03. The van der Waals surface area contributed by atoms with Gasteiger partial charge in [0.1, 0.15) is 5.75 Å². The van der Waals surface area contributed by atoms with Crippen molar-refractivity contribution >= 4 is 5.91 Å². The Balaban J connectivity index is 2.03. The Bertz CT molecular complexity index is 406. The van der Waals surface area contributed by atoms with Crippen LogP contribution in [0.2, 0.25) is 0 Å². The first-order valence-electron chi connectivity index (χ1n) is 5.86. The molecule has 0 radical (unpaired) electrons. The van der Waals surface area contributed by atoms with E-state index in [0.29, 0.717) is 17.2 Å². The number of rotatable bonds is 3. The topological polar surface area (TPSA) is 50.4 Å². The molecule has 0 aliphatic carbocycles. The third kappa shape index (κ3) is 2.77. The van der Waals surface area contributed by atoms with Crippen LogP contribution in [-0.4, -0.2) is 32.1 Å². The molecule has 1 aromatic carbocycles. The second-order valence-corrected chi connectivity index (χ2v) is 4.45. The number of ether oxygens (including phenoxy) is 1. The maximum atomic E-state index is 12.0. The minimum atomic E-state index is -0.0375. The van der Waals surface area contributed by atoms with Crippen molar-refractivity contribution in [1.82, 2.24) is 10.6 Å². The number of benzene rings is 1. The van der Waals surface area contributed by atoms with E-state index in [-0.39, 0.29) is 11.9 Å². The standard InChI is InChI=1S/C13H18N2O2/c1-9-7-14-8-12(9)15-13(16)10-4-3-5-11(6-10)17-2/h3-6,9,12,14H,7-8H2,1-2H3,(H,15,16). The first-order chi connectivity index (χ1) is 8.20. The highest BCUT2D eigenvalue weighted by molar-refractivity contribution is 5.94. The monoisotopic (exact) mass is 234 g/mol. The maximum absolute atomic E-state index is 12.0. The summed E-state index contributed by atoms with van der Waals surface area (Å²) in [4.78, 5) is 12.0. The summed E-state index contributed by atoms with van der Waals surface area (Å²) in [6, 6.07) is 7.42. The van der Waals surface area contributed by atoms with Gasteiger partial charge < -0.3 is 15.4 Å². The minimum Gasteiger partial charge on any atom is -0.497 e. The van der Waals surface area contributed by atoms with Crippen LogP contribution in [0.15, 0.2) is 24.3 Å². The van der Waals surface area contributed by atoms with Gasteiger partial charge in [-0.3, -0.25) is 4.79 Å². The SMILES string of the molecule is COc1cccc(C(=O)NC2CNCC2C)c1. The average molecular weight is 234 g/mol. The van der Waals surface area contributed by atoms with Gasteiger partial charge in [-0.15, -0.1) is 0 Å². The molecule has 92 valence electrons. The van der Waals surface area contributed by atoms with Crippen LogP contribution in [0.4, 0.5) is 0 Å². The van der Waals surface area contributed by atoms with Crippen LogP contribution in [-0.2, 0) is 0 Å². The van der Waals surface area contributed by atoms with Gasteiger partial charge in [0.25, 0.3) is 5.91 Å². The van der Waals surface area contributed by atoms with Gasteiger partial charge in [-0.2, -0.15) is 0 Å². The lowest BCUT2D eigenvalue weighted by atomic mass is 10.1. The molecule has 2 N–H and O–H groups in total. The Hall–Kier alpha value is -1.55. The molecule has 0 aromatic heterocycles. The molecule has 1 aromatic rings. The van der Waals surface area contributed by atoms with Gasteiger partial charge in [0.15, 0.2) is 0 Å². The quantitative estimate of drug-likeness (QED) is 0.821. The minimum absolute atomic E-state index is 0.0375. The highest BCUT2D eigenvalue weighted by Gasteiger charge is 2.24. The van der Waals surface area contributed by atoms with Crippen LogP contribution in [0.5, 0.6) is 5.75 Å². The van der Waals surface area contributed by atoms with E-state index in [1.165, 1.54) is 0 Å². The Kier molecular flexibility index (Phi) is 3.64. The number of hydrogen-bond acceptors (Lipinski definition) is 3. The molecule has 1 amide bonds. The lowest BCUT2D eigenvalue weighted by Crippen LogP contribution is -2.39. The Morgan fingerprint density at radius 3 is 2.94 bits per heavy atom. The van der Waals surface area contributed by atoms with E-state index in [1.54, 1.807) is 19.2 Å². The molecule has 2 rings (SSSR count). The summed E-state index contributed by atoms with van der Waals surface area (Å²) in [6.45, 7) is 3.94. The van der Waals surface area contributed by atoms with E-state index in [0.717, 1.165) is 13.1 Å². The average Bonchev–Trinajstić information content (AvgIpc) is 2.75. The van der Waals surface area contributed by atoms with E-state index in [9.17, 15) is 4.79 Å². The molecule has 1 aliphatic heterocycles. The van der Waals surface area contributed by atoms with E-state index in [1.807, 2.05) is 12.1 Å². The van der Waals surface area contributed by atoms with E-state index in [4.69, 9.17) is 4.74 Å². The van der Waals surface area contributed by atoms with Gasteiger partial charge in [0.05, 0.1) is 7.11 Å². The van der Waals surface area contributed by atoms with Crippen molar-refractivity contribution in [3.8, 4) is 5.75 Å². The fraction of sp³-hybridized carbons (Fsp3) is 0.462. The second-order valence-electron chi connectivity index (χ2n) is 4.45. The third-order valence-electron chi connectivity index (χ3n) is 3.17. The van der Waals surface area contributed by atoms with Crippen LogP contribution in [0, 0.1) is 5.92 Å². The van der Waals surface area contributed by atoms with Crippen LogP contribution < -0.4 is 15.4 Å². The lowest BCUT2D eigenvalue weighted by Gasteiger charge is -2.16. The van der Waals surface area contributed by atoms with Crippen molar-refractivity contribution in [3.63, 3.8) is 0 Å². The molecular weight excluding hydrogens is 216 g/mol. The number of nitrogens with one attached hydrogen (secondary N) is 2. The Morgan fingerprint density at radius 1 is 1.47 bits per heavy atom. The third-order valence-corrected chi connectivity index (χ3v) is 3.17. The molecule has 17 heavy (non-hydrogen) atoms. The van der Waals surface area contributed by atoms with Gasteiger partial charge in [-0.1, -0.05) is 13.0 Å². The van der Waals surface area contributed by atoms with E-state index in [2.05, 4.69) is 17.6 Å². The number of hydrogen-bond donors (Lipinski definition) is 2. The van der Waals surface area contributed by atoms with E-state index >= 15 is 0 Å². The van der Waals surface area contributed by atoms with E-state index < -0.39 is 0 Å². The molecule has 0 saturated carbocycles. The highest BCUT2D eigenvalue weighted by atomic mass is 16.5. The molecule has 1 saturated heterocycles. The van der Waals surface area contributed by atoms with Crippen LogP contribution >= 0.6 is 0 Å². The molecule has 2 atom stereocenters. The molecule has 4 heteroatoms. The zero-order chi connectivity index (χ0) is 12.3. The van der Waals surface area contributed by atoms with Gasteiger partial charge in [-0.05, 0) is 30.7 Å². The normalized spacial score (nSPS) is 23.4. The smallest absolute Gasteiger partial charge is 0.251 e. The summed E-state index contributed by atoms with van der Waals surface area (Å²) in [5, 5.41) is 6.30. The molecule has 4 nitrogen and oxygen atoms in total. The van der Waals surface area contributed by atoms with Crippen LogP contribution in [0.1, 0.15) is 17.3 Å². The molecule has 0 bridgehead atoms. The first-order valence-corrected chi connectivity index (χ1v) is 5.86. The fourth-order valence-electron chi connectivity index (χ4n) is 2.02. The molecular formula is C13H18N2O2. The van der Waals surface area contributed by atoms with Crippen molar-refractivity contribution in [3.05, 3.63) is 29.8 Å². The number of carbonyl (C=O) groups excluding carboxylic acids is 1. The fourth-order valence-corrected chi connectivity index (χ4v) is 2.02. The van der Waals surface area contributed by atoms with Crippen LogP contribution in [0.3, 0.4) is 0 Å². The Morgan fingerprint density at radius 2 is 2.29 bits per heavy atom. The van der Waals surface area contributed by atoms with Crippen molar-refractivity contribution in [2.45, 2.75) is 13.0 Å². The summed E-state index contributed by atoms with van der Waals surface area (Å²) in [5.74, 6) is 1.14. The molecule has 2 unspecified atom stereocenters. The van der Waals surface area contributed by atoms with Crippen molar-refractivity contribution < 1.29 is 9.53 Å². The van der Waals surface area contributed by atoms with Crippen molar-refractivity contribution in [1.29, 1.82) is 0 Å². The highest BCUT2D eigenvalue weighted by Crippen LogP contribution is 2.14. The largest absolute Gasteiger partial charge is 0.497 e. The number of methoxy groups -OCH3 is 1. The first kappa shape index (κ1) is 11.9. The van der Waals surface area contributed by atoms with Gasteiger partial charge in [-0.25, -0.2) is 0 Å². The van der Waals surface area contributed by atoms with Gasteiger partial charge in [0, 0.05) is 18.2 Å². The molecule has 1 fully saturated rings. The second kappa shape index (κ2) is 5.19. The predicted molar refractivity (Wildman–Crippen MR) is 66.3 cm³/mol. The van der Waals surface area contributed by atoms with Crippen molar-refractivity contribution in [2.24, 2.45) is 5.92 Å². The maximum Gasteiger partial charge on any atom is 0.251 e. The molecule has 1 heterocycles. The zero-order valence-electron chi connectivity index (χ0n) is 10.2. The Labute approximate surface area is 101 Å². The summed E-state index contributed by atoms with van der Waals surface area (Å²) in [6.07, 6.45) is 0. The summed E-state index contributed by atoms with van der Waals surface area (Å²) >= 11 is 0. The van der Waals surface area contributed by atoms with Crippen molar-refractivity contribution in [2.75, 3.05) is 20.2 Å². The number of carbonyl (C=O) groups is 1. The van der Waals surface area contributed by atoms with Gasteiger partial charge in [0.2, 0.25) is 0 Å². The summed E-state index contributed by atoms with van der Waals surface area (Å²) < 4.78 is 5.10. The lowest BCUT2D eigenvalue weighted by molar-refractivity contribution is 0.0932. The molecule has 0 spiro atoms. The summed E-state index contributed by atoms with van der Waals surface area (Å²) in [7, 11) is 1.60. The zero-order valence-corrected chi connectivity index (χ0v) is 10.2. The molecule has 1 aliphatic rings. The van der Waals surface area contributed by atoms with Gasteiger partial charge >= 0.3 is 0 Å². The van der Waals surface area contributed by atoms with Crippen LogP contribution in [0.25, 0.3) is 0 Å². The number of amides is 1.